The van der Waals surface area contributed by atoms with Gasteiger partial charge in [-0.3, -0.25) is 25.1 Å². The van der Waals surface area contributed by atoms with Crippen molar-refractivity contribution in [2.24, 2.45) is 0 Å². The number of carbonyl (C=O) groups excluding carboxylic acids is 2. The summed E-state index contributed by atoms with van der Waals surface area (Å²) in [5, 5.41) is 24.6. The topological polar surface area (TPSA) is 152 Å². The minimum Gasteiger partial charge on any atom is -0.502 e. The molecular weight excluding hydrogens is 532 g/mol. The number of methoxy groups -OCH3 is 3. The first kappa shape index (κ1) is 26.7. The van der Waals surface area contributed by atoms with Crippen LogP contribution in [0.3, 0.4) is 0 Å². The van der Waals surface area contributed by atoms with Gasteiger partial charge in [0.2, 0.25) is 11.5 Å². The standard InChI is InChI=1S/C21H18N4O8S3/c1-31-13-8-11(9-14(32-2)17(13)33-3)22-18(27)19(34)23-24-20(28)15(36-21(24)35)7-10-5-4-6-12(16(10)26)25(29)30/h4-9,26H,1-3H3,(H,22,27)(H,23,34)/b15-7+. The van der Waals surface area contributed by atoms with Gasteiger partial charge in [0, 0.05) is 29.4 Å². The smallest absolute Gasteiger partial charge is 0.311 e. The highest BCUT2D eigenvalue weighted by atomic mass is 32.2. The normalized spacial score (nSPS) is 14.0. The molecule has 1 aliphatic rings. The third-order valence-corrected chi connectivity index (χ3v) is 6.24. The Morgan fingerprint density at radius 3 is 2.39 bits per heavy atom. The third kappa shape index (κ3) is 5.48. The minimum atomic E-state index is -0.756. The lowest BCUT2D eigenvalue weighted by atomic mass is 10.1. The first-order chi connectivity index (χ1) is 17.1. The Balaban J connectivity index is 1.75. The van der Waals surface area contributed by atoms with Gasteiger partial charge >= 0.3 is 5.69 Å². The number of thioether (sulfide) groups is 1. The summed E-state index contributed by atoms with van der Waals surface area (Å²) in [4.78, 5) is 35.5. The molecule has 0 atom stereocenters. The number of thiocarbonyl (C=S) groups is 2. The second kappa shape index (κ2) is 11.2. The molecule has 0 radical (unpaired) electrons. The zero-order valence-corrected chi connectivity index (χ0v) is 21.3. The molecule has 15 heteroatoms. The van der Waals surface area contributed by atoms with E-state index in [0.29, 0.717) is 17.2 Å². The molecule has 0 unspecified atom stereocenters. The van der Waals surface area contributed by atoms with E-state index < -0.39 is 28.2 Å². The van der Waals surface area contributed by atoms with Crippen molar-refractivity contribution in [1.29, 1.82) is 0 Å². The first-order valence-corrected chi connectivity index (χ1v) is 11.4. The van der Waals surface area contributed by atoms with Crippen LogP contribution < -0.4 is 25.0 Å². The molecule has 1 saturated heterocycles. The number of nitrogens with zero attached hydrogens (tertiary/aromatic N) is 2. The number of amides is 2. The highest BCUT2D eigenvalue weighted by Crippen LogP contribution is 2.40. The number of phenolic OH excluding ortho intramolecular Hbond substituents is 1. The summed E-state index contributed by atoms with van der Waals surface area (Å²) < 4.78 is 15.8. The molecule has 12 nitrogen and oxygen atoms in total. The number of hydrogen-bond acceptors (Lipinski definition) is 11. The molecule has 0 bridgehead atoms. The van der Waals surface area contributed by atoms with Gasteiger partial charge in [-0.2, -0.15) is 5.01 Å². The largest absolute Gasteiger partial charge is 0.502 e. The summed E-state index contributed by atoms with van der Waals surface area (Å²) in [5.74, 6) is -1.08. The molecule has 1 heterocycles. The van der Waals surface area contributed by atoms with Crippen LogP contribution in [0.15, 0.2) is 35.2 Å². The van der Waals surface area contributed by atoms with E-state index in [9.17, 15) is 24.8 Å². The van der Waals surface area contributed by atoms with Gasteiger partial charge in [-0.25, -0.2) is 0 Å². The average molecular weight is 551 g/mol. The van der Waals surface area contributed by atoms with Crippen molar-refractivity contribution in [2.45, 2.75) is 0 Å². The summed E-state index contributed by atoms with van der Waals surface area (Å²) in [6.07, 6.45) is 1.25. The number of nitro groups is 1. The molecule has 0 spiro atoms. The fourth-order valence-corrected chi connectivity index (χ4v) is 4.32. The molecule has 2 amide bonds. The van der Waals surface area contributed by atoms with Crippen LogP contribution in [0.1, 0.15) is 5.56 Å². The quantitative estimate of drug-likeness (QED) is 0.201. The van der Waals surface area contributed by atoms with Crippen LogP contribution >= 0.6 is 36.2 Å². The molecule has 3 rings (SSSR count). The molecule has 2 aromatic carbocycles. The van der Waals surface area contributed by atoms with Crippen molar-refractivity contribution in [3.63, 3.8) is 0 Å². The van der Waals surface area contributed by atoms with Crippen LogP contribution in [0.2, 0.25) is 0 Å². The highest BCUT2D eigenvalue weighted by Gasteiger charge is 2.34. The van der Waals surface area contributed by atoms with Crippen molar-refractivity contribution in [3.05, 3.63) is 50.9 Å². The monoisotopic (exact) mass is 550 g/mol. The fraction of sp³-hybridized carbons (Fsp3) is 0.143. The second-order valence-electron chi connectivity index (χ2n) is 6.80. The second-order valence-corrected chi connectivity index (χ2v) is 8.88. The summed E-state index contributed by atoms with van der Waals surface area (Å²) >= 11 is 11.2. The number of nitro benzene ring substituents is 1. The Bertz CT molecular complexity index is 1290. The van der Waals surface area contributed by atoms with E-state index in [4.69, 9.17) is 38.6 Å². The van der Waals surface area contributed by atoms with E-state index in [1.807, 2.05) is 0 Å². The number of carbonyl (C=O) groups is 2. The number of anilines is 1. The summed E-state index contributed by atoms with van der Waals surface area (Å²) in [6, 6.07) is 6.89. The lowest BCUT2D eigenvalue weighted by molar-refractivity contribution is -0.385. The molecule has 0 aromatic heterocycles. The van der Waals surface area contributed by atoms with E-state index in [1.54, 1.807) is 0 Å². The van der Waals surface area contributed by atoms with Gasteiger partial charge in [0.15, 0.2) is 20.8 Å². The predicted molar refractivity (Wildman–Crippen MR) is 140 cm³/mol. The zero-order valence-electron chi connectivity index (χ0n) is 18.9. The number of aromatic hydroxyl groups is 1. The lowest BCUT2D eigenvalue weighted by Gasteiger charge is -2.18. The Kier molecular flexibility index (Phi) is 8.29. The Labute approximate surface area is 219 Å². The van der Waals surface area contributed by atoms with E-state index in [1.165, 1.54) is 51.7 Å². The number of para-hydroxylation sites is 1. The first-order valence-electron chi connectivity index (χ1n) is 9.77. The Morgan fingerprint density at radius 1 is 1.19 bits per heavy atom. The fourth-order valence-electron chi connectivity index (χ4n) is 3.01. The van der Waals surface area contributed by atoms with Gasteiger partial charge in [-0.15, -0.1) is 0 Å². The van der Waals surface area contributed by atoms with Crippen LogP contribution in [-0.4, -0.2) is 57.5 Å². The zero-order chi connectivity index (χ0) is 26.6. The van der Waals surface area contributed by atoms with E-state index in [-0.39, 0.29) is 25.5 Å². The van der Waals surface area contributed by atoms with Crippen LogP contribution in [-0.2, 0) is 9.59 Å². The molecule has 2 aromatic rings. The van der Waals surface area contributed by atoms with Crippen molar-refractivity contribution < 1.29 is 33.8 Å². The van der Waals surface area contributed by atoms with E-state index >= 15 is 0 Å². The number of nitrogens with one attached hydrogen (secondary N) is 2. The molecule has 36 heavy (non-hydrogen) atoms. The molecule has 1 fully saturated rings. The maximum Gasteiger partial charge on any atom is 0.311 e. The van der Waals surface area contributed by atoms with Gasteiger partial charge in [0.25, 0.3) is 11.8 Å². The van der Waals surface area contributed by atoms with Crippen LogP contribution in [0.4, 0.5) is 11.4 Å². The average Bonchev–Trinajstić information content (AvgIpc) is 3.11. The molecule has 1 aliphatic heterocycles. The van der Waals surface area contributed by atoms with Crippen molar-refractivity contribution in [2.75, 3.05) is 26.6 Å². The van der Waals surface area contributed by atoms with E-state index in [2.05, 4.69) is 10.7 Å². The number of rotatable bonds is 7. The summed E-state index contributed by atoms with van der Waals surface area (Å²) in [6.45, 7) is 0. The molecule has 0 saturated carbocycles. The highest BCUT2D eigenvalue weighted by molar-refractivity contribution is 8.26. The van der Waals surface area contributed by atoms with Crippen molar-refractivity contribution in [3.8, 4) is 23.0 Å². The minimum absolute atomic E-state index is 0.0270. The number of phenols is 1. The number of hydrazine groups is 1. The summed E-state index contributed by atoms with van der Waals surface area (Å²) in [7, 11) is 4.28. The number of benzene rings is 2. The van der Waals surface area contributed by atoms with Gasteiger partial charge < -0.3 is 24.6 Å². The summed E-state index contributed by atoms with van der Waals surface area (Å²) in [5.41, 5.74) is 2.30. The van der Waals surface area contributed by atoms with Crippen molar-refractivity contribution >= 4 is 74.8 Å². The molecular formula is C21H18N4O8S3. The van der Waals surface area contributed by atoms with Gasteiger partial charge in [-0.1, -0.05) is 36.1 Å². The Hall–Kier alpha value is -3.95. The maximum atomic E-state index is 12.8. The Morgan fingerprint density at radius 2 is 1.83 bits per heavy atom. The van der Waals surface area contributed by atoms with Gasteiger partial charge in [0.1, 0.15) is 0 Å². The van der Waals surface area contributed by atoms with Crippen molar-refractivity contribution in [1.82, 2.24) is 10.4 Å². The van der Waals surface area contributed by atoms with Crippen LogP contribution in [0, 0.1) is 10.1 Å². The molecule has 3 N–H and O–H groups in total. The van der Waals surface area contributed by atoms with Gasteiger partial charge in [0.05, 0.1) is 31.2 Å². The van der Waals surface area contributed by atoms with Gasteiger partial charge in [-0.05, 0) is 18.3 Å². The third-order valence-electron chi connectivity index (χ3n) is 4.67. The predicted octanol–water partition coefficient (Wildman–Crippen LogP) is 3.00. The lowest BCUT2D eigenvalue weighted by Crippen LogP contribution is -2.48. The number of ether oxygens (including phenoxy) is 3. The maximum absolute atomic E-state index is 12.8. The number of hydrogen-bond donors (Lipinski definition) is 3. The van der Waals surface area contributed by atoms with E-state index in [0.717, 1.165) is 22.8 Å². The molecule has 188 valence electrons. The SMILES string of the molecule is COc1cc(NC(=O)C(=S)NN2C(=O)/C(=C\c3cccc([N+](=O)[O-])c3O)SC2=S)cc(OC)c1OC. The molecule has 0 aliphatic carbocycles. The van der Waals surface area contributed by atoms with Crippen LogP contribution in [0.25, 0.3) is 6.08 Å². The van der Waals surface area contributed by atoms with Crippen LogP contribution in [0.5, 0.6) is 23.0 Å².